The summed E-state index contributed by atoms with van der Waals surface area (Å²) in [6.07, 6.45) is -0.621. The van der Waals surface area contributed by atoms with Crippen LogP contribution < -0.4 is 10.1 Å². The molecule has 0 saturated heterocycles. The van der Waals surface area contributed by atoms with Crippen LogP contribution in [0.15, 0.2) is 42.5 Å². The maximum Gasteiger partial charge on any atom is 0.311 e. The van der Waals surface area contributed by atoms with Gasteiger partial charge in [-0.3, -0.25) is 10.1 Å². The number of aliphatic hydroxyl groups excluding tert-OH is 1. The molecule has 2 aromatic carbocycles. The Morgan fingerprint density at radius 1 is 1.26 bits per heavy atom. The number of nitrogens with one attached hydrogen (secondary N) is 1. The number of hydrogen-bond acceptors (Lipinski definition) is 5. The number of nitro benzene ring substituents is 1. The topological polar surface area (TPSA) is 84.6 Å². The van der Waals surface area contributed by atoms with Gasteiger partial charge in [0.15, 0.2) is 5.75 Å². The normalized spacial score (nSPS) is 12.0. The largest absolute Gasteiger partial charge is 0.490 e. The summed E-state index contributed by atoms with van der Waals surface area (Å²) in [6, 6.07) is 12.5. The number of hydrogen-bond donors (Lipinski definition) is 2. The molecule has 0 radical (unpaired) electrons. The highest BCUT2D eigenvalue weighted by molar-refractivity contribution is 5.48. The number of ether oxygens (including phenoxy) is 1. The van der Waals surface area contributed by atoms with Crippen molar-refractivity contribution in [3.63, 3.8) is 0 Å². The standard InChI is InChI=1S/C17H20N2O4/c1-12-3-6-14(7-4-12)16(20)11-18-10-13-5-8-17(23-2)15(9-13)19(21)22/h3-9,16,18,20H,10-11H2,1-2H3. The first kappa shape index (κ1) is 16.9. The lowest BCUT2D eigenvalue weighted by Crippen LogP contribution is -2.21. The molecular formula is C17H20N2O4. The van der Waals surface area contributed by atoms with Crippen LogP contribution in [0.1, 0.15) is 22.8 Å². The molecule has 2 N–H and O–H groups in total. The minimum Gasteiger partial charge on any atom is -0.490 e. The molecule has 23 heavy (non-hydrogen) atoms. The predicted octanol–water partition coefficient (Wildman–Crippen LogP) is 2.74. The third-order valence-electron chi connectivity index (χ3n) is 3.57. The molecule has 6 nitrogen and oxygen atoms in total. The molecule has 1 unspecified atom stereocenters. The van der Waals surface area contributed by atoms with Crippen LogP contribution >= 0.6 is 0 Å². The second-order valence-corrected chi connectivity index (χ2v) is 5.32. The van der Waals surface area contributed by atoms with Gasteiger partial charge in [0, 0.05) is 19.2 Å². The van der Waals surface area contributed by atoms with Crippen LogP contribution in [0.2, 0.25) is 0 Å². The molecular weight excluding hydrogens is 296 g/mol. The summed E-state index contributed by atoms with van der Waals surface area (Å²) in [5.41, 5.74) is 2.67. The SMILES string of the molecule is COc1ccc(CNCC(O)c2ccc(C)cc2)cc1[N+](=O)[O-]. The number of nitrogens with zero attached hydrogens (tertiary/aromatic N) is 1. The van der Waals surface area contributed by atoms with Crippen molar-refractivity contribution in [2.24, 2.45) is 0 Å². The molecule has 0 aliphatic carbocycles. The van der Waals surface area contributed by atoms with E-state index in [1.54, 1.807) is 12.1 Å². The number of rotatable bonds is 7. The van der Waals surface area contributed by atoms with Gasteiger partial charge in [-0.25, -0.2) is 0 Å². The van der Waals surface area contributed by atoms with Crippen molar-refractivity contribution in [1.29, 1.82) is 0 Å². The summed E-state index contributed by atoms with van der Waals surface area (Å²) < 4.78 is 4.97. The molecule has 0 bridgehead atoms. The van der Waals surface area contributed by atoms with Crippen LogP contribution in [0.3, 0.4) is 0 Å². The zero-order valence-corrected chi connectivity index (χ0v) is 13.2. The maximum atomic E-state index is 11.0. The van der Waals surface area contributed by atoms with Crippen molar-refractivity contribution < 1.29 is 14.8 Å². The molecule has 2 rings (SSSR count). The quantitative estimate of drug-likeness (QED) is 0.606. The average Bonchev–Trinajstić information content (AvgIpc) is 2.55. The molecule has 0 saturated carbocycles. The molecule has 1 atom stereocenters. The lowest BCUT2D eigenvalue weighted by molar-refractivity contribution is -0.385. The van der Waals surface area contributed by atoms with E-state index in [0.717, 1.165) is 16.7 Å². The van der Waals surface area contributed by atoms with Crippen LogP contribution in [0.25, 0.3) is 0 Å². The first-order chi connectivity index (χ1) is 11.0. The fraction of sp³-hybridized carbons (Fsp3) is 0.294. The number of methoxy groups -OCH3 is 1. The van der Waals surface area contributed by atoms with Crippen LogP contribution in [-0.2, 0) is 6.54 Å². The fourth-order valence-corrected chi connectivity index (χ4v) is 2.25. The molecule has 2 aromatic rings. The van der Waals surface area contributed by atoms with E-state index < -0.39 is 11.0 Å². The Balaban J connectivity index is 1.94. The molecule has 0 heterocycles. The number of aryl methyl sites for hydroxylation is 1. The van der Waals surface area contributed by atoms with E-state index in [1.807, 2.05) is 31.2 Å². The van der Waals surface area contributed by atoms with Gasteiger partial charge >= 0.3 is 5.69 Å². The van der Waals surface area contributed by atoms with Crippen LogP contribution in [0.5, 0.6) is 5.75 Å². The Labute approximate surface area is 134 Å². The van der Waals surface area contributed by atoms with Gasteiger partial charge in [0.05, 0.1) is 18.1 Å². The average molecular weight is 316 g/mol. The summed E-state index contributed by atoms with van der Waals surface area (Å²) in [4.78, 5) is 10.5. The van der Waals surface area contributed by atoms with E-state index in [-0.39, 0.29) is 11.4 Å². The molecule has 122 valence electrons. The van der Waals surface area contributed by atoms with Gasteiger partial charge in [-0.15, -0.1) is 0 Å². The minimum absolute atomic E-state index is 0.0640. The summed E-state index contributed by atoms with van der Waals surface area (Å²) in [5.74, 6) is 0.235. The van der Waals surface area contributed by atoms with Crippen LogP contribution in [0, 0.1) is 17.0 Å². The van der Waals surface area contributed by atoms with Gasteiger partial charge in [-0.05, 0) is 24.1 Å². The van der Waals surface area contributed by atoms with E-state index in [4.69, 9.17) is 4.74 Å². The number of nitro groups is 1. The van der Waals surface area contributed by atoms with E-state index in [2.05, 4.69) is 5.32 Å². The summed E-state index contributed by atoms with van der Waals surface area (Å²) in [6.45, 7) is 2.78. The monoisotopic (exact) mass is 316 g/mol. The van der Waals surface area contributed by atoms with Crippen molar-refractivity contribution in [1.82, 2.24) is 5.32 Å². The highest BCUT2D eigenvalue weighted by Crippen LogP contribution is 2.27. The maximum absolute atomic E-state index is 11.0. The number of benzene rings is 2. The van der Waals surface area contributed by atoms with Crippen molar-refractivity contribution in [2.75, 3.05) is 13.7 Å². The number of aliphatic hydroxyl groups is 1. The zero-order valence-electron chi connectivity index (χ0n) is 13.2. The Morgan fingerprint density at radius 2 is 1.96 bits per heavy atom. The molecule has 6 heteroatoms. The van der Waals surface area contributed by atoms with E-state index in [0.29, 0.717) is 13.1 Å². The Bertz CT molecular complexity index is 671. The van der Waals surface area contributed by atoms with Crippen LogP contribution in [0.4, 0.5) is 5.69 Å². The predicted molar refractivity (Wildman–Crippen MR) is 87.5 cm³/mol. The smallest absolute Gasteiger partial charge is 0.311 e. The van der Waals surface area contributed by atoms with Gasteiger partial charge < -0.3 is 15.2 Å². The lowest BCUT2D eigenvalue weighted by Gasteiger charge is -2.13. The van der Waals surface area contributed by atoms with Crippen molar-refractivity contribution >= 4 is 5.69 Å². The third-order valence-corrected chi connectivity index (χ3v) is 3.57. The first-order valence-electron chi connectivity index (χ1n) is 7.28. The van der Waals surface area contributed by atoms with Gasteiger partial charge in [0.1, 0.15) is 0 Å². The highest BCUT2D eigenvalue weighted by atomic mass is 16.6. The van der Waals surface area contributed by atoms with Crippen LogP contribution in [-0.4, -0.2) is 23.7 Å². The Hall–Kier alpha value is -2.44. The molecule has 0 aliphatic rings. The van der Waals surface area contributed by atoms with Crippen molar-refractivity contribution in [3.8, 4) is 5.75 Å². The third kappa shape index (κ3) is 4.51. The van der Waals surface area contributed by atoms with Gasteiger partial charge in [-0.2, -0.15) is 0 Å². The van der Waals surface area contributed by atoms with E-state index in [1.165, 1.54) is 13.2 Å². The van der Waals surface area contributed by atoms with Gasteiger partial charge in [0.25, 0.3) is 0 Å². The molecule has 0 aromatic heterocycles. The molecule has 0 fully saturated rings. The fourth-order valence-electron chi connectivity index (χ4n) is 2.25. The van der Waals surface area contributed by atoms with Gasteiger partial charge in [0.2, 0.25) is 0 Å². The Kier molecular flexibility index (Phi) is 5.67. The summed E-state index contributed by atoms with van der Waals surface area (Å²) >= 11 is 0. The summed E-state index contributed by atoms with van der Waals surface area (Å²) in [5, 5.41) is 24.2. The van der Waals surface area contributed by atoms with Crippen molar-refractivity contribution in [2.45, 2.75) is 19.6 Å². The first-order valence-corrected chi connectivity index (χ1v) is 7.28. The van der Waals surface area contributed by atoms with E-state index >= 15 is 0 Å². The van der Waals surface area contributed by atoms with E-state index in [9.17, 15) is 15.2 Å². The second kappa shape index (κ2) is 7.71. The van der Waals surface area contributed by atoms with Gasteiger partial charge in [-0.1, -0.05) is 35.9 Å². The summed E-state index contributed by atoms with van der Waals surface area (Å²) in [7, 11) is 1.40. The Morgan fingerprint density at radius 3 is 2.57 bits per heavy atom. The molecule has 0 spiro atoms. The molecule has 0 aliphatic heterocycles. The van der Waals surface area contributed by atoms with Crippen molar-refractivity contribution in [3.05, 3.63) is 69.3 Å². The minimum atomic E-state index is -0.621. The second-order valence-electron chi connectivity index (χ2n) is 5.32. The lowest BCUT2D eigenvalue weighted by atomic mass is 10.1. The highest BCUT2D eigenvalue weighted by Gasteiger charge is 2.15. The zero-order chi connectivity index (χ0) is 16.8. The molecule has 0 amide bonds.